The van der Waals surface area contributed by atoms with Gasteiger partial charge in [0.15, 0.2) is 0 Å². The van der Waals surface area contributed by atoms with E-state index in [0.717, 1.165) is 35.2 Å². The van der Waals surface area contributed by atoms with Gasteiger partial charge in [-0.2, -0.15) is 0 Å². The van der Waals surface area contributed by atoms with Crippen molar-refractivity contribution in [1.29, 1.82) is 0 Å². The maximum atomic E-state index is 11.1. The van der Waals surface area contributed by atoms with Crippen LogP contribution in [0, 0.1) is 0 Å². The number of aliphatic hydroxyl groups is 1. The third-order valence-corrected chi connectivity index (χ3v) is 4.03. The molecule has 0 radical (unpaired) electrons. The first kappa shape index (κ1) is 14.3. The van der Waals surface area contributed by atoms with Crippen LogP contribution in [0.3, 0.4) is 0 Å². The van der Waals surface area contributed by atoms with E-state index in [-0.39, 0.29) is 11.9 Å². The lowest BCUT2D eigenvalue weighted by Gasteiger charge is -2.21. The van der Waals surface area contributed by atoms with Crippen molar-refractivity contribution in [3.63, 3.8) is 0 Å². The first-order valence-electron chi connectivity index (χ1n) is 6.47. The van der Waals surface area contributed by atoms with Crippen LogP contribution in [0.25, 0.3) is 0 Å². The van der Waals surface area contributed by atoms with Gasteiger partial charge in [0.05, 0.1) is 11.8 Å². The Hall–Kier alpha value is -1.07. The number of rotatable bonds is 3. The van der Waals surface area contributed by atoms with Crippen LogP contribution in [0.1, 0.15) is 31.9 Å². The highest BCUT2D eigenvalue weighted by atomic mass is 79.9. The molecule has 1 amide bonds. The Morgan fingerprint density at radius 3 is 2.89 bits per heavy atom. The van der Waals surface area contributed by atoms with Gasteiger partial charge in [-0.05, 0) is 47.0 Å². The molecule has 1 heterocycles. The van der Waals surface area contributed by atoms with Crippen LogP contribution in [-0.2, 0) is 4.79 Å². The van der Waals surface area contributed by atoms with Crippen molar-refractivity contribution in [2.24, 2.45) is 0 Å². The van der Waals surface area contributed by atoms with Crippen LogP contribution in [0.15, 0.2) is 22.7 Å². The summed E-state index contributed by atoms with van der Waals surface area (Å²) >= 11 is 3.56. The number of hydrogen-bond acceptors (Lipinski definition) is 3. The fourth-order valence-corrected chi connectivity index (χ4v) is 3.07. The van der Waals surface area contributed by atoms with Crippen molar-refractivity contribution >= 4 is 27.5 Å². The van der Waals surface area contributed by atoms with Crippen molar-refractivity contribution in [3.8, 4) is 0 Å². The van der Waals surface area contributed by atoms with E-state index in [0.29, 0.717) is 0 Å². The van der Waals surface area contributed by atoms with Gasteiger partial charge >= 0.3 is 0 Å². The van der Waals surface area contributed by atoms with Gasteiger partial charge in [-0.3, -0.25) is 4.79 Å². The predicted molar refractivity (Wildman–Crippen MR) is 79.2 cm³/mol. The van der Waals surface area contributed by atoms with Gasteiger partial charge in [-0.25, -0.2) is 0 Å². The van der Waals surface area contributed by atoms with E-state index < -0.39 is 6.10 Å². The SMILES string of the molecule is CC(=O)NC1CCN(c2ccc(C(C)O)cc2Br)C1. The lowest BCUT2D eigenvalue weighted by Crippen LogP contribution is -2.35. The van der Waals surface area contributed by atoms with E-state index in [9.17, 15) is 9.90 Å². The molecular weight excluding hydrogens is 308 g/mol. The number of carbonyl (C=O) groups excluding carboxylic acids is 1. The molecule has 2 N–H and O–H groups in total. The molecule has 2 unspecified atom stereocenters. The van der Waals surface area contributed by atoms with Crippen LogP contribution in [0.2, 0.25) is 0 Å². The molecule has 19 heavy (non-hydrogen) atoms. The summed E-state index contributed by atoms with van der Waals surface area (Å²) < 4.78 is 0.981. The van der Waals surface area contributed by atoms with E-state index >= 15 is 0 Å². The van der Waals surface area contributed by atoms with Crippen molar-refractivity contribution < 1.29 is 9.90 Å². The molecule has 0 aliphatic carbocycles. The first-order valence-corrected chi connectivity index (χ1v) is 7.26. The monoisotopic (exact) mass is 326 g/mol. The molecule has 1 aromatic rings. The standard InChI is InChI=1S/C14H19BrN2O2/c1-9(18)11-3-4-14(13(15)7-11)17-6-5-12(8-17)16-10(2)19/h3-4,7,9,12,18H,5-6,8H2,1-2H3,(H,16,19). The molecule has 5 heteroatoms. The molecule has 0 aromatic heterocycles. The molecule has 4 nitrogen and oxygen atoms in total. The smallest absolute Gasteiger partial charge is 0.217 e. The van der Waals surface area contributed by atoms with Crippen LogP contribution in [0.4, 0.5) is 5.69 Å². The minimum absolute atomic E-state index is 0.0235. The zero-order chi connectivity index (χ0) is 14.0. The number of halogens is 1. The number of nitrogens with one attached hydrogen (secondary N) is 1. The molecule has 1 aromatic carbocycles. The summed E-state index contributed by atoms with van der Waals surface area (Å²) in [7, 11) is 0. The lowest BCUT2D eigenvalue weighted by molar-refractivity contribution is -0.119. The second kappa shape index (κ2) is 5.92. The van der Waals surface area contributed by atoms with Crippen molar-refractivity contribution in [3.05, 3.63) is 28.2 Å². The van der Waals surface area contributed by atoms with Gasteiger partial charge in [-0.1, -0.05) is 6.07 Å². The average Bonchev–Trinajstić information content (AvgIpc) is 2.76. The fourth-order valence-electron chi connectivity index (χ4n) is 2.42. The normalized spacial score (nSPS) is 20.4. The van der Waals surface area contributed by atoms with E-state index in [4.69, 9.17) is 0 Å². The van der Waals surface area contributed by atoms with Crippen molar-refractivity contribution in [1.82, 2.24) is 5.32 Å². The summed E-state index contributed by atoms with van der Waals surface area (Å²) in [5.74, 6) is 0.0235. The Kier molecular flexibility index (Phi) is 4.47. The highest BCUT2D eigenvalue weighted by molar-refractivity contribution is 9.10. The van der Waals surface area contributed by atoms with Gasteiger partial charge in [0.2, 0.25) is 5.91 Å². The number of carbonyl (C=O) groups is 1. The van der Waals surface area contributed by atoms with Crippen LogP contribution in [0.5, 0.6) is 0 Å². The number of anilines is 1. The number of hydrogen-bond donors (Lipinski definition) is 2. The predicted octanol–water partition coefficient (Wildman–Crippen LogP) is 2.22. The largest absolute Gasteiger partial charge is 0.389 e. The Labute approximate surface area is 121 Å². The Balaban J connectivity index is 2.09. The molecule has 1 aliphatic heterocycles. The van der Waals surface area contributed by atoms with E-state index in [1.54, 1.807) is 13.8 Å². The Bertz CT molecular complexity index is 477. The van der Waals surface area contributed by atoms with Crippen molar-refractivity contribution in [2.45, 2.75) is 32.4 Å². The summed E-state index contributed by atoms with van der Waals surface area (Å²) in [6.07, 6.45) is 0.500. The molecule has 1 fully saturated rings. The number of amides is 1. The minimum Gasteiger partial charge on any atom is -0.389 e. The third kappa shape index (κ3) is 3.48. The van der Waals surface area contributed by atoms with Gasteiger partial charge < -0.3 is 15.3 Å². The molecule has 1 aliphatic rings. The van der Waals surface area contributed by atoms with Crippen LogP contribution in [-0.4, -0.2) is 30.1 Å². The number of nitrogens with zero attached hydrogens (tertiary/aromatic N) is 1. The Morgan fingerprint density at radius 1 is 1.58 bits per heavy atom. The minimum atomic E-state index is -0.462. The summed E-state index contributed by atoms with van der Waals surface area (Å²) in [6, 6.07) is 6.13. The van der Waals surface area contributed by atoms with Gasteiger partial charge in [-0.15, -0.1) is 0 Å². The lowest BCUT2D eigenvalue weighted by atomic mass is 10.1. The van der Waals surface area contributed by atoms with Gasteiger partial charge in [0.1, 0.15) is 0 Å². The third-order valence-electron chi connectivity index (χ3n) is 3.39. The average molecular weight is 327 g/mol. The topological polar surface area (TPSA) is 52.6 Å². The quantitative estimate of drug-likeness (QED) is 0.895. The molecule has 104 valence electrons. The van der Waals surface area contributed by atoms with Crippen LogP contribution < -0.4 is 10.2 Å². The Morgan fingerprint density at radius 2 is 2.32 bits per heavy atom. The summed E-state index contributed by atoms with van der Waals surface area (Å²) in [5, 5.41) is 12.5. The molecule has 0 spiro atoms. The zero-order valence-corrected chi connectivity index (χ0v) is 12.8. The molecular formula is C14H19BrN2O2. The molecule has 2 rings (SSSR count). The maximum Gasteiger partial charge on any atom is 0.217 e. The molecule has 1 saturated heterocycles. The molecule has 0 saturated carbocycles. The number of benzene rings is 1. The summed E-state index contributed by atoms with van der Waals surface area (Å²) in [6.45, 7) is 5.06. The molecule has 0 bridgehead atoms. The fraction of sp³-hybridized carbons (Fsp3) is 0.500. The second-order valence-electron chi connectivity index (χ2n) is 5.02. The summed E-state index contributed by atoms with van der Waals surface area (Å²) in [4.78, 5) is 13.3. The van der Waals surface area contributed by atoms with E-state index in [1.807, 2.05) is 18.2 Å². The summed E-state index contributed by atoms with van der Waals surface area (Å²) in [5.41, 5.74) is 2.01. The highest BCUT2D eigenvalue weighted by Gasteiger charge is 2.24. The maximum absolute atomic E-state index is 11.1. The van der Waals surface area contributed by atoms with E-state index in [2.05, 4.69) is 26.1 Å². The van der Waals surface area contributed by atoms with Crippen molar-refractivity contribution in [2.75, 3.05) is 18.0 Å². The zero-order valence-electron chi connectivity index (χ0n) is 11.2. The first-order chi connectivity index (χ1) is 8.97. The second-order valence-corrected chi connectivity index (χ2v) is 5.87. The number of aliphatic hydroxyl groups excluding tert-OH is 1. The highest BCUT2D eigenvalue weighted by Crippen LogP contribution is 2.31. The van der Waals surface area contributed by atoms with Crippen LogP contribution >= 0.6 is 15.9 Å². The van der Waals surface area contributed by atoms with Gasteiger partial charge in [0, 0.05) is 30.5 Å². The molecule has 2 atom stereocenters. The van der Waals surface area contributed by atoms with Gasteiger partial charge in [0.25, 0.3) is 0 Å². The van der Waals surface area contributed by atoms with E-state index in [1.165, 1.54) is 0 Å².